The summed E-state index contributed by atoms with van der Waals surface area (Å²) in [5, 5.41) is 11.7. The summed E-state index contributed by atoms with van der Waals surface area (Å²) in [6, 6.07) is 2.85. The predicted molar refractivity (Wildman–Crippen MR) is 114 cm³/mol. The Morgan fingerprint density at radius 3 is 1.75 bits per heavy atom. The van der Waals surface area contributed by atoms with Crippen molar-refractivity contribution in [3.8, 4) is 0 Å². The Morgan fingerprint density at radius 1 is 0.821 bits per heavy atom. The summed E-state index contributed by atoms with van der Waals surface area (Å²) in [4.78, 5) is 26.5. The number of carbonyl (C=O) groups is 2. The molecule has 1 amide bonds. The van der Waals surface area contributed by atoms with Crippen LogP contribution in [0.15, 0.2) is 18.3 Å². The van der Waals surface area contributed by atoms with Gasteiger partial charge >= 0.3 is 5.97 Å². The van der Waals surface area contributed by atoms with Gasteiger partial charge in [0.1, 0.15) is 5.69 Å². The molecular weight excluding hydrogens is 352 g/mol. The normalized spacial score (nSPS) is 10.8. The Balaban J connectivity index is 1.90. The molecule has 5 heteroatoms. The molecule has 2 N–H and O–H groups in total. The summed E-state index contributed by atoms with van der Waals surface area (Å²) < 4.78 is 0. The van der Waals surface area contributed by atoms with Crippen LogP contribution < -0.4 is 5.32 Å². The lowest BCUT2D eigenvalue weighted by Gasteiger charge is -2.06. The first kappa shape index (κ1) is 24.1. The number of aromatic carboxylic acids is 1. The minimum absolute atomic E-state index is 0.0523. The second-order valence-electron chi connectivity index (χ2n) is 7.59. The van der Waals surface area contributed by atoms with Crippen LogP contribution in [0, 0.1) is 0 Å². The Morgan fingerprint density at radius 2 is 1.32 bits per heavy atom. The van der Waals surface area contributed by atoms with E-state index in [1.165, 1.54) is 95.4 Å². The van der Waals surface area contributed by atoms with Crippen LogP contribution in [0.1, 0.15) is 118 Å². The van der Waals surface area contributed by atoms with Crippen LogP contribution in [0.4, 0.5) is 0 Å². The van der Waals surface area contributed by atoms with Gasteiger partial charge in [-0.25, -0.2) is 9.78 Å². The van der Waals surface area contributed by atoms with Gasteiger partial charge in [0.15, 0.2) is 0 Å². The number of unbranched alkanes of at least 4 members (excludes halogenated alkanes) is 13. The largest absolute Gasteiger partial charge is 0.477 e. The minimum atomic E-state index is -1.09. The van der Waals surface area contributed by atoms with Gasteiger partial charge in [0.05, 0.1) is 5.56 Å². The molecule has 0 saturated heterocycles. The van der Waals surface area contributed by atoms with Crippen LogP contribution in [-0.2, 0) is 0 Å². The fraction of sp³-hybridized carbons (Fsp3) is 0.696. The highest BCUT2D eigenvalue weighted by Crippen LogP contribution is 2.12. The third-order valence-electron chi connectivity index (χ3n) is 5.06. The fourth-order valence-corrected chi connectivity index (χ4v) is 3.28. The molecule has 1 aromatic rings. The number of hydrogen-bond donors (Lipinski definition) is 2. The Bertz CT molecular complexity index is 543. The lowest BCUT2D eigenvalue weighted by molar-refractivity contribution is 0.0689. The van der Waals surface area contributed by atoms with Crippen LogP contribution in [0.25, 0.3) is 0 Å². The maximum Gasteiger partial charge on any atom is 0.354 e. The van der Waals surface area contributed by atoms with Crippen molar-refractivity contribution < 1.29 is 14.7 Å². The number of hydrogen-bond acceptors (Lipinski definition) is 3. The zero-order valence-corrected chi connectivity index (χ0v) is 17.5. The van der Waals surface area contributed by atoms with Crippen LogP contribution in [0.3, 0.4) is 0 Å². The molecule has 0 spiro atoms. The number of pyridine rings is 1. The van der Waals surface area contributed by atoms with Crippen molar-refractivity contribution in [1.82, 2.24) is 10.3 Å². The van der Waals surface area contributed by atoms with E-state index in [0.717, 1.165) is 12.8 Å². The second-order valence-corrected chi connectivity index (χ2v) is 7.59. The fourth-order valence-electron chi connectivity index (χ4n) is 3.28. The summed E-state index contributed by atoms with van der Waals surface area (Å²) in [7, 11) is 0. The number of rotatable bonds is 17. The van der Waals surface area contributed by atoms with Crippen LogP contribution in [0.5, 0.6) is 0 Å². The van der Waals surface area contributed by atoms with E-state index in [9.17, 15) is 9.59 Å². The van der Waals surface area contributed by atoms with Gasteiger partial charge in [-0.2, -0.15) is 0 Å². The third kappa shape index (κ3) is 11.7. The Kier molecular flexibility index (Phi) is 13.9. The van der Waals surface area contributed by atoms with Gasteiger partial charge in [-0.3, -0.25) is 4.79 Å². The summed E-state index contributed by atoms with van der Waals surface area (Å²) >= 11 is 0. The van der Waals surface area contributed by atoms with E-state index < -0.39 is 5.97 Å². The summed E-state index contributed by atoms with van der Waals surface area (Å²) in [5.74, 6) is -1.28. The first-order chi connectivity index (χ1) is 13.6. The summed E-state index contributed by atoms with van der Waals surface area (Å²) in [6.07, 6.45) is 19.7. The van der Waals surface area contributed by atoms with Crippen molar-refractivity contribution in [2.24, 2.45) is 0 Å². The topological polar surface area (TPSA) is 79.3 Å². The summed E-state index contributed by atoms with van der Waals surface area (Å²) in [5.41, 5.74) is 0.346. The number of aromatic nitrogens is 1. The molecule has 0 fully saturated rings. The van der Waals surface area contributed by atoms with Gasteiger partial charge in [0.2, 0.25) is 0 Å². The molecule has 1 aromatic heterocycles. The molecule has 5 nitrogen and oxygen atoms in total. The molecule has 0 bridgehead atoms. The Labute approximate surface area is 170 Å². The molecule has 0 aliphatic rings. The van der Waals surface area contributed by atoms with Crippen LogP contribution in [-0.4, -0.2) is 28.5 Å². The molecule has 1 rings (SSSR count). The predicted octanol–water partition coefficient (Wildman–Crippen LogP) is 5.99. The number of nitrogens with one attached hydrogen (secondary N) is 1. The molecule has 0 saturated carbocycles. The quantitative estimate of drug-likeness (QED) is 0.320. The van der Waals surface area contributed by atoms with E-state index in [1.54, 1.807) is 0 Å². The van der Waals surface area contributed by atoms with E-state index in [4.69, 9.17) is 5.11 Å². The molecule has 0 radical (unpaired) electrons. The molecule has 0 unspecified atom stereocenters. The maximum atomic E-state index is 12.0. The molecule has 0 aliphatic carbocycles. The van der Waals surface area contributed by atoms with E-state index in [1.807, 2.05) is 0 Å². The van der Waals surface area contributed by atoms with Gasteiger partial charge in [-0.15, -0.1) is 0 Å². The smallest absolute Gasteiger partial charge is 0.354 e. The number of carboxylic acid groups (broad SMARTS) is 1. The highest BCUT2D eigenvalue weighted by atomic mass is 16.4. The van der Waals surface area contributed by atoms with Crippen molar-refractivity contribution in [3.63, 3.8) is 0 Å². The summed E-state index contributed by atoms with van der Waals surface area (Å²) in [6.45, 7) is 2.91. The highest BCUT2D eigenvalue weighted by Gasteiger charge is 2.08. The van der Waals surface area contributed by atoms with Crippen molar-refractivity contribution in [3.05, 3.63) is 29.6 Å². The third-order valence-corrected chi connectivity index (χ3v) is 5.06. The van der Waals surface area contributed by atoms with Gasteiger partial charge in [0.25, 0.3) is 5.91 Å². The Hall–Kier alpha value is -1.91. The zero-order chi connectivity index (χ0) is 20.5. The van der Waals surface area contributed by atoms with E-state index >= 15 is 0 Å². The average molecular weight is 391 g/mol. The van der Waals surface area contributed by atoms with E-state index in [0.29, 0.717) is 12.1 Å². The van der Waals surface area contributed by atoms with Gasteiger partial charge < -0.3 is 10.4 Å². The molecular formula is C23H38N2O3. The van der Waals surface area contributed by atoms with Crippen molar-refractivity contribution >= 4 is 11.9 Å². The molecule has 0 atom stereocenters. The van der Waals surface area contributed by atoms with Gasteiger partial charge in [0, 0.05) is 12.7 Å². The van der Waals surface area contributed by atoms with Crippen LogP contribution >= 0.6 is 0 Å². The molecule has 0 aliphatic heterocycles. The number of nitrogens with zero attached hydrogens (tertiary/aromatic N) is 1. The van der Waals surface area contributed by atoms with Gasteiger partial charge in [-0.1, -0.05) is 90.4 Å². The molecule has 0 aromatic carbocycles. The lowest BCUT2D eigenvalue weighted by Crippen LogP contribution is -2.24. The van der Waals surface area contributed by atoms with Crippen molar-refractivity contribution in [1.29, 1.82) is 0 Å². The zero-order valence-electron chi connectivity index (χ0n) is 17.5. The average Bonchev–Trinajstić information content (AvgIpc) is 2.70. The van der Waals surface area contributed by atoms with E-state index in [-0.39, 0.29) is 11.6 Å². The molecule has 28 heavy (non-hydrogen) atoms. The lowest BCUT2D eigenvalue weighted by atomic mass is 10.0. The van der Waals surface area contributed by atoms with Crippen LogP contribution in [0.2, 0.25) is 0 Å². The number of amides is 1. The number of carbonyl (C=O) groups excluding carboxylic acids is 1. The van der Waals surface area contributed by atoms with Crippen molar-refractivity contribution in [2.45, 2.75) is 96.8 Å². The minimum Gasteiger partial charge on any atom is -0.477 e. The first-order valence-electron chi connectivity index (χ1n) is 11.1. The maximum absolute atomic E-state index is 12.0. The molecule has 1 heterocycles. The first-order valence-corrected chi connectivity index (χ1v) is 11.1. The van der Waals surface area contributed by atoms with Crippen molar-refractivity contribution in [2.75, 3.05) is 6.54 Å². The standard InChI is InChI=1S/C23H38N2O3/c1-2-3-4-5-6-7-8-9-10-11-12-13-14-15-18-24-22(26)20-16-17-21(23(27)28)25-19-20/h16-17,19H,2-15,18H2,1H3,(H,24,26)(H,27,28). The molecule has 158 valence electrons. The van der Waals surface area contributed by atoms with Gasteiger partial charge in [-0.05, 0) is 18.6 Å². The second kappa shape index (κ2) is 16.1. The SMILES string of the molecule is CCCCCCCCCCCCCCCCNC(=O)c1ccc(C(=O)O)nc1. The highest BCUT2D eigenvalue weighted by molar-refractivity contribution is 5.94. The monoisotopic (exact) mass is 390 g/mol. The van der Waals surface area contributed by atoms with E-state index in [2.05, 4.69) is 17.2 Å². The number of carboxylic acids is 1.